The van der Waals surface area contributed by atoms with Crippen molar-refractivity contribution in [3.8, 4) is 0 Å². The smallest absolute Gasteiger partial charge is 0.127 e. The Morgan fingerprint density at radius 3 is 2.53 bits per heavy atom. The van der Waals surface area contributed by atoms with E-state index in [1.54, 1.807) is 12.1 Å². The van der Waals surface area contributed by atoms with E-state index in [0.29, 0.717) is 5.56 Å². The van der Waals surface area contributed by atoms with Gasteiger partial charge in [0.2, 0.25) is 0 Å². The van der Waals surface area contributed by atoms with Crippen molar-refractivity contribution < 1.29 is 4.39 Å². The molecule has 0 heterocycles. The Balaban J connectivity index is 0.00000196. The van der Waals surface area contributed by atoms with Crippen LogP contribution in [0.2, 0.25) is 0 Å². The summed E-state index contributed by atoms with van der Waals surface area (Å²) >= 11 is 0. The van der Waals surface area contributed by atoms with Crippen molar-refractivity contribution in [1.29, 1.82) is 0 Å². The maximum atomic E-state index is 13.3. The average molecular weight is 232 g/mol. The lowest BCUT2D eigenvalue weighted by atomic mass is 10.0. The van der Waals surface area contributed by atoms with Crippen LogP contribution in [0.15, 0.2) is 24.3 Å². The van der Waals surface area contributed by atoms with Gasteiger partial charge in [-0.05, 0) is 12.5 Å². The third-order valence-electron chi connectivity index (χ3n) is 2.42. The van der Waals surface area contributed by atoms with Gasteiger partial charge in [-0.25, -0.2) is 4.39 Å². The molecule has 0 saturated heterocycles. The fourth-order valence-corrected chi connectivity index (χ4v) is 1.55. The SMILES string of the molecule is CCCCCC(N)c1ccccc1F.Cl. The third kappa shape index (κ3) is 4.63. The highest BCUT2D eigenvalue weighted by molar-refractivity contribution is 5.85. The van der Waals surface area contributed by atoms with Crippen molar-refractivity contribution in [3.63, 3.8) is 0 Å². The average Bonchev–Trinajstić information content (AvgIpc) is 2.18. The molecule has 0 bridgehead atoms. The minimum absolute atomic E-state index is 0. The van der Waals surface area contributed by atoms with Gasteiger partial charge in [0.1, 0.15) is 5.82 Å². The van der Waals surface area contributed by atoms with Gasteiger partial charge in [-0.15, -0.1) is 12.4 Å². The monoisotopic (exact) mass is 231 g/mol. The summed E-state index contributed by atoms with van der Waals surface area (Å²) in [5.74, 6) is -0.184. The molecule has 1 atom stereocenters. The Bertz CT molecular complexity index is 278. The molecule has 86 valence electrons. The van der Waals surface area contributed by atoms with Gasteiger partial charge in [-0.1, -0.05) is 44.4 Å². The maximum Gasteiger partial charge on any atom is 0.127 e. The third-order valence-corrected chi connectivity index (χ3v) is 2.42. The van der Waals surface area contributed by atoms with E-state index in [9.17, 15) is 4.39 Å². The van der Waals surface area contributed by atoms with Gasteiger partial charge in [0, 0.05) is 11.6 Å². The summed E-state index contributed by atoms with van der Waals surface area (Å²) in [7, 11) is 0. The van der Waals surface area contributed by atoms with E-state index < -0.39 is 0 Å². The summed E-state index contributed by atoms with van der Waals surface area (Å²) in [6.07, 6.45) is 4.28. The van der Waals surface area contributed by atoms with Gasteiger partial charge in [0.25, 0.3) is 0 Å². The predicted molar refractivity (Wildman–Crippen MR) is 64.7 cm³/mol. The van der Waals surface area contributed by atoms with Crippen LogP contribution < -0.4 is 5.73 Å². The van der Waals surface area contributed by atoms with Crippen LogP contribution in [0.25, 0.3) is 0 Å². The van der Waals surface area contributed by atoms with Crippen molar-refractivity contribution in [3.05, 3.63) is 35.6 Å². The molecule has 1 rings (SSSR count). The number of rotatable bonds is 5. The van der Waals surface area contributed by atoms with Crippen molar-refractivity contribution in [2.45, 2.75) is 38.6 Å². The fraction of sp³-hybridized carbons (Fsp3) is 0.500. The first-order valence-electron chi connectivity index (χ1n) is 5.25. The van der Waals surface area contributed by atoms with Crippen molar-refractivity contribution in [1.82, 2.24) is 0 Å². The van der Waals surface area contributed by atoms with Crippen molar-refractivity contribution >= 4 is 12.4 Å². The van der Waals surface area contributed by atoms with Gasteiger partial charge in [0.15, 0.2) is 0 Å². The van der Waals surface area contributed by atoms with Gasteiger partial charge < -0.3 is 5.73 Å². The molecule has 0 saturated carbocycles. The molecule has 1 aromatic carbocycles. The van der Waals surface area contributed by atoms with Crippen LogP contribution in [0.1, 0.15) is 44.2 Å². The largest absolute Gasteiger partial charge is 0.324 e. The molecule has 2 N–H and O–H groups in total. The molecule has 15 heavy (non-hydrogen) atoms. The first-order chi connectivity index (χ1) is 6.75. The standard InChI is InChI=1S/C12H18FN.ClH/c1-2-3-4-9-12(14)10-7-5-6-8-11(10)13;/h5-8,12H,2-4,9,14H2,1H3;1H. The van der Waals surface area contributed by atoms with Gasteiger partial charge in [-0.3, -0.25) is 0 Å². The molecule has 0 amide bonds. The molecule has 0 aliphatic rings. The zero-order valence-electron chi connectivity index (χ0n) is 9.08. The first kappa shape index (κ1) is 14.4. The lowest BCUT2D eigenvalue weighted by Crippen LogP contribution is -2.11. The fourth-order valence-electron chi connectivity index (χ4n) is 1.55. The lowest BCUT2D eigenvalue weighted by Gasteiger charge is -2.12. The molecule has 0 aliphatic heterocycles. The molecule has 3 heteroatoms. The summed E-state index contributed by atoms with van der Waals surface area (Å²) in [4.78, 5) is 0. The maximum absolute atomic E-state index is 13.3. The molecule has 1 aromatic rings. The second kappa shape index (κ2) is 7.66. The quantitative estimate of drug-likeness (QED) is 0.766. The summed E-state index contributed by atoms with van der Waals surface area (Å²) in [5.41, 5.74) is 6.54. The molecule has 0 aliphatic carbocycles. The highest BCUT2D eigenvalue weighted by atomic mass is 35.5. The zero-order chi connectivity index (χ0) is 10.4. The molecule has 0 fully saturated rings. The zero-order valence-corrected chi connectivity index (χ0v) is 9.90. The van der Waals surface area contributed by atoms with Crippen LogP contribution in [0.5, 0.6) is 0 Å². The number of halogens is 2. The van der Waals surface area contributed by atoms with Crippen LogP contribution in [-0.2, 0) is 0 Å². The van der Waals surface area contributed by atoms with Crippen LogP contribution in [0, 0.1) is 5.82 Å². The van der Waals surface area contributed by atoms with Gasteiger partial charge in [0.05, 0.1) is 0 Å². The summed E-state index contributed by atoms with van der Waals surface area (Å²) in [5, 5.41) is 0. The highest BCUT2D eigenvalue weighted by Gasteiger charge is 2.09. The van der Waals surface area contributed by atoms with Crippen LogP contribution >= 0.6 is 12.4 Å². The van der Waals surface area contributed by atoms with E-state index >= 15 is 0 Å². The second-order valence-electron chi connectivity index (χ2n) is 3.62. The van der Waals surface area contributed by atoms with E-state index in [1.807, 2.05) is 6.07 Å². The molecule has 0 aromatic heterocycles. The van der Waals surface area contributed by atoms with Crippen molar-refractivity contribution in [2.75, 3.05) is 0 Å². The normalized spacial score (nSPS) is 11.9. The van der Waals surface area contributed by atoms with Gasteiger partial charge in [-0.2, -0.15) is 0 Å². The number of hydrogen-bond acceptors (Lipinski definition) is 1. The van der Waals surface area contributed by atoms with Gasteiger partial charge >= 0.3 is 0 Å². The van der Waals surface area contributed by atoms with Crippen LogP contribution in [0.4, 0.5) is 4.39 Å². The summed E-state index contributed by atoms with van der Waals surface area (Å²) in [6.45, 7) is 2.15. The molecule has 0 radical (unpaired) electrons. The van der Waals surface area contributed by atoms with E-state index in [2.05, 4.69) is 6.92 Å². The predicted octanol–water partition coefficient (Wildman–Crippen LogP) is 3.83. The van der Waals surface area contributed by atoms with Crippen molar-refractivity contribution in [2.24, 2.45) is 5.73 Å². The number of hydrogen-bond donors (Lipinski definition) is 1. The van der Waals surface area contributed by atoms with Crippen LogP contribution in [-0.4, -0.2) is 0 Å². The van der Waals surface area contributed by atoms with E-state index in [0.717, 1.165) is 12.8 Å². The molecular weight excluding hydrogens is 213 g/mol. The highest BCUT2D eigenvalue weighted by Crippen LogP contribution is 2.19. The lowest BCUT2D eigenvalue weighted by molar-refractivity contribution is 0.539. The Morgan fingerprint density at radius 2 is 1.93 bits per heavy atom. The minimum Gasteiger partial charge on any atom is -0.324 e. The second-order valence-corrected chi connectivity index (χ2v) is 3.62. The topological polar surface area (TPSA) is 26.0 Å². The number of nitrogens with two attached hydrogens (primary N) is 1. The van der Waals surface area contributed by atoms with E-state index in [4.69, 9.17) is 5.73 Å². The summed E-state index contributed by atoms with van der Waals surface area (Å²) < 4.78 is 13.3. The van der Waals surface area contributed by atoms with Crippen LogP contribution in [0.3, 0.4) is 0 Å². The summed E-state index contributed by atoms with van der Waals surface area (Å²) in [6, 6.07) is 6.61. The van der Waals surface area contributed by atoms with E-state index in [-0.39, 0.29) is 24.3 Å². The molecule has 0 spiro atoms. The number of benzene rings is 1. The Hall–Kier alpha value is -0.600. The molecular formula is C12H19ClFN. The first-order valence-corrected chi connectivity index (χ1v) is 5.25. The molecule has 1 nitrogen and oxygen atoms in total. The Kier molecular flexibility index (Phi) is 7.35. The number of unbranched alkanes of at least 4 members (excludes halogenated alkanes) is 2. The minimum atomic E-state index is -0.184. The Labute approximate surface area is 97.3 Å². The molecule has 1 unspecified atom stereocenters. The van der Waals surface area contributed by atoms with E-state index in [1.165, 1.54) is 18.9 Å². The Morgan fingerprint density at radius 1 is 1.27 bits per heavy atom.